The number of nitrogens with one attached hydrogen (secondary N) is 2. The molecule has 2 N–H and O–H groups in total. The zero-order valence-electron chi connectivity index (χ0n) is 12.0. The number of rotatable bonds is 4. The third kappa shape index (κ3) is 5.60. The van der Waals surface area contributed by atoms with Crippen LogP contribution in [0, 0.1) is 12.7 Å². The zero-order valence-corrected chi connectivity index (χ0v) is 12.0. The Morgan fingerprint density at radius 2 is 1.95 bits per heavy atom. The summed E-state index contributed by atoms with van der Waals surface area (Å²) in [4.78, 5) is 34.2. The Labute approximate surface area is 121 Å². The smallest absolute Gasteiger partial charge is 0.338 e. The molecular weight excluding hydrogens is 279 g/mol. The van der Waals surface area contributed by atoms with Gasteiger partial charge in [0.1, 0.15) is 5.82 Å². The molecule has 0 aliphatic rings. The van der Waals surface area contributed by atoms with Gasteiger partial charge in [-0.05, 0) is 38.5 Å². The first-order valence-corrected chi connectivity index (χ1v) is 6.33. The van der Waals surface area contributed by atoms with Crippen LogP contribution in [0.4, 0.5) is 9.18 Å². The summed E-state index contributed by atoms with van der Waals surface area (Å²) < 4.78 is 18.0. The Morgan fingerprint density at radius 1 is 1.29 bits per heavy atom. The van der Waals surface area contributed by atoms with Crippen molar-refractivity contribution in [1.82, 2.24) is 10.6 Å². The highest BCUT2D eigenvalue weighted by Crippen LogP contribution is 2.10. The number of carbonyl (C=O) groups is 3. The Morgan fingerprint density at radius 3 is 2.52 bits per heavy atom. The van der Waals surface area contributed by atoms with E-state index in [9.17, 15) is 18.8 Å². The molecule has 0 spiro atoms. The van der Waals surface area contributed by atoms with Crippen LogP contribution in [0.3, 0.4) is 0 Å². The van der Waals surface area contributed by atoms with E-state index in [2.05, 4.69) is 5.32 Å². The van der Waals surface area contributed by atoms with Crippen LogP contribution in [0.2, 0.25) is 0 Å². The van der Waals surface area contributed by atoms with Crippen molar-refractivity contribution in [2.24, 2.45) is 0 Å². The molecule has 0 heterocycles. The Hall–Kier alpha value is -2.44. The third-order valence-corrected chi connectivity index (χ3v) is 2.41. The van der Waals surface area contributed by atoms with E-state index in [1.165, 1.54) is 12.1 Å². The Balaban J connectivity index is 2.47. The predicted octanol–water partition coefficient (Wildman–Crippen LogP) is 1.53. The second-order valence-electron chi connectivity index (χ2n) is 4.72. The van der Waals surface area contributed by atoms with Crippen molar-refractivity contribution >= 4 is 17.9 Å². The van der Waals surface area contributed by atoms with Gasteiger partial charge in [0, 0.05) is 6.04 Å². The summed E-state index contributed by atoms with van der Waals surface area (Å²) >= 11 is 0. The molecule has 0 aliphatic heterocycles. The number of esters is 1. The van der Waals surface area contributed by atoms with Crippen molar-refractivity contribution in [1.29, 1.82) is 0 Å². The van der Waals surface area contributed by atoms with Crippen molar-refractivity contribution in [3.05, 3.63) is 35.1 Å². The largest absolute Gasteiger partial charge is 0.452 e. The fraction of sp³-hybridized carbons (Fsp3) is 0.357. The van der Waals surface area contributed by atoms with Crippen molar-refractivity contribution in [3.63, 3.8) is 0 Å². The number of hydrogen-bond acceptors (Lipinski definition) is 4. The summed E-state index contributed by atoms with van der Waals surface area (Å²) in [5, 5.41) is 4.44. The topological polar surface area (TPSA) is 84.5 Å². The fourth-order valence-corrected chi connectivity index (χ4v) is 1.40. The molecule has 0 saturated heterocycles. The quantitative estimate of drug-likeness (QED) is 0.825. The lowest BCUT2D eigenvalue weighted by atomic mass is 10.1. The first-order valence-electron chi connectivity index (χ1n) is 6.33. The molecule has 21 heavy (non-hydrogen) atoms. The summed E-state index contributed by atoms with van der Waals surface area (Å²) in [7, 11) is 0. The molecule has 6 nitrogen and oxygen atoms in total. The minimum Gasteiger partial charge on any atom is -0.452 e. The van der Waals surface area contributed by atoms with Crippen LogP contribution < -0.4 is 10.6 Å². The monoisotopic (exact) mass is 296 g/mol. The van der Waals surface area contributed by atoms with Crippen LogP contribution in [-0.4, -0.2) is 30.6 Å². The van der Waals surface area contributed by atoms with E-state index in [0.717, 1.165) is 6.07 Å². The molecule has 3 amide bonds. The minimum absolute atomic E-state index is 0.00229. The number of urea groups is 1. The van der Waals surface area contributed by atoms with Gasteiger partial charge in [-0.1, -0.05) is 6.07 Å². The lowest BCUT2D eigenvalue weighted by Gasteiger charge is -2.09. The van der Waals surface area contributed by atoms with Crippen molar-refractivity contribution in [3.8, 4) is 0 Å². The average Bonchev–Trinajstić information content (AvgIpc) is 2.38. The van der Waals surface area contributed by atoms with E-state index < -0.39 is 30.3 Å². The molecule has 0 unspecified atom stereocenters. The summed E-state index contributed by atoms with van der Waals surface area (Å²) in [5.41, 5.74) is 0.396. The van der Waals surface area contributed by atoms with E-state index in [0.29, 0.717) is 5.56 Å². The van der Waals surface area contributed by atoms with Gasteiger partial charge in [0.15, 0.2) is 6.61 Å². The van der Waals surface area contributed by atoms with E-state index in [4.69, 9.17) is 4.74 Å². The molecule has 0 aromatic heterocycles. The summed E-state index contributed by atoms with van der Waals surface area (Å²) in [5.74, 6) is -2.15. The number of imide groups is 1. The standard InChI is InChI=1S/C14H17FN2O4/c1-8(2)16-14(20)17-12(18)7-21-13(19)10-5-4-9(3)11(15)6-10/h4-6,8H,7H2,1-3H3,(H2,16,17,18,20). The first kappa shape index (κ1) is 16.6. The number of carbonyl (C=O) groups excluding carboxylic acids is 3. The van der Waals surface area contributed by atoms with Crippen molar-refractivity contribution < 1.29 is 23.5 Å². The molecule has 1 aromatic carbocycles. The van der Waals surface area contributed by atoms with E-state index in [-0.39, 0.29) is 11.6 Å². The molecule has 0 radical (unpaired) electrons. The molecule has 114 valence electrons. The average molecular weight is 296 g/mol. The number of aryl methyl sites for hydroxylation is 1. The van der Waals surface area contributed by atoms with Crippen LogP contribution in [0.15, 0.2) is 18.2 Å². The molecule has 0 fully saturated rings. The highest BCUT2D eigenvalue weighted by atomic mass is 19.1. The predicted molar refractivity (Wildman–Crippen MR) is 73.2 cm³/mol. The maximum Gasteiger partial charge on any atom is 0.338 e. The molecular formula is C14H17FN2O4. The number of benzene rings is 1. The van der Waals surface area contributed by atoms with Gasteiger partial charge < -0.3 is 10.1 Å². The molecule has 0 saturated carbocycles. The van der Waals surface area contributed by atoms with Gasteiger partial charge >= 0.3 is 12.0 Å². The summed E-state index contributed by atoms with van der Waals surface area (Å²) in [6, 6.07) is 3.05. The third-order valence-electron chi connectivity index (χ3n) is 2.41. The normalized spacial score (nSPS) is 10.1. The first-order chi connectivity index (χ1) is 9.79. The van der Waals surface area contributed by atoms with E-state index >= 15 is 0 Å². The summed E-state index contributed by atoms with van der Waals surface area (Å²) in [6.07, 6.45) is 0. The SMILES string of the molecule is Cc1ccc(C(=O)OCC(=O)NC(=O)NC(C)C)cc1F. The van der Waals surface area contributed by atoms with E-state index in [1.807, 2.05) is 5.32 Å². The highest BCUT2D eigenvalue weighted by Gasteiger charge is 2.13. The highest BCUT2D eigenvalue weighted by molar-refractivity contribution is 5.97. The molecule has 1 aromatic rings. The minimum atomic E-state index is -0.840. The molecule has 0 aliphatic carbocycles. The Kier molecular flexibility index (Phi) is 5.83. The number of amides is 3. The van der Waals surface area contributed by atoms with Crippen LogP contribution in [0.1, 0.15) is 29.8 Å². The van der Waals surface area contributed by atoms with Gasteiger partial charge in [-0.15, -0.1) is 0 Å². The number of halogens is 1. The Bertz CT molecular complexity index is 558. The fourth-order valence-electron chi connectivity index (χ4n) is 1.40. The van der Waals surface area contributed by atoms with Crippen LogP contribution in [0.5, 0.6) is 0 Å². The van der Waals surface area contributed by atoms with Crippen LogP contribution >= 0.6 is 0 Å². The molecule has 0 atom stereocenters. The number of hydrogen-bond donors (Lipinski definition) is 2. The molecule has 7 heteroatoms. The van der Waals surface area contributed by atoms with Crippen LogP contribution in [0.25, 0.3) is 0 Å². The second kappa shape index (κ2) is 7.37. The van der Waals surface area contributed by atoms with Gasteiger partial charge in [-0.2, -0.15) is 0 Å². The lowest BCUT2D eigenvalue weighted by Crippen LogP contribution is -2.44. The van der Waals surface area contributed by atoms with Crippen LogP contribution in [-0.2, 0) is 9.53 Å². The summed E-state index contributed by atoms with van der Waals surface area (Å²) in [6.45, 7) is 4.40. The van der Waals surface area contributed by atoms with Gasteiger partial charge in [0.05, 0.1) is 5.56 Å². The van der Waals surface area contributed by atoms with Crippen molar-refractivity contribution in [2.75, 3.05) is 6.61 Å². The molecule has 1 rings (SSSR count). The van der Waals surface area contributed by atoms with Gasteiger partial charge in [0.2, 0.25) is 0 Å². The second-order valence-corrected chi connectivity index (χ2v) is 4.72. The maximum atomic E-state index is 13.3. The van der Waals surface area contributed by atoms with Gasteiger partial charge in [-0.25, -0.2) is 14.0 Å². The number of ether oxygens (including phenoxy) is 1. The zero-order chi connectivity index (χ0) is 16.0. The lowest BCUT2D eigenvalue weighted by molar-refractivity contribution is -0.123. The molecule has 0 bridgehead atoms. The van der Waals surface area contributed by atoms with Crippen molar-refractivity contribution in [2.45, 2.75) is 26.8 Å². The van der Waals surface area contributed by atoms with E-state index in [1.54, 1.807) is 20.8 Å². The maximum absolute atomic E-state index is 13.3. The van der Waals surface area contributed by atoms with Gasteiger partial charge in [0.25, 0.3) is 5.91 Å². The van der Waals surface area contributed by atoms with Gasteiger partial charge in [-0.3, -0.25) is 10.1 Å².